The van der Waals surface area contributed by atoms with Crippen LogP contribution in [0.3, 0.4) is 0 Å². The molecule has 0 aromatic carbocycles. The number of nitrogens with zero attached hydrogens (tertiary/aromatic N) is 2. The van der Waals surface area contributed by atoms with Crippen molar-refractivity contribution in [2.24, 2.45) is 0 Å². The van der Waals surface area contributed by atoms with Gasteiger partial charge in [0.05, 0.1) is 0 Å². The summed E-state index contributed by atoms with van der Waals surface area (Å²) in [5.74, 6) is -0.695. The second-order valence-electron chi connectivity index (χ2n) is 3.41. The van der Waals surface area contributed by atoms with Crippen molar-refractivity contribution in [2.45, 2.75) is 13.3 Å². The van der Waals surface area contributed by atoms with Crippen LogP contribution < -0.4 is 4.90 Å². The number of anilines is 1. The molecule has 0 saturated heterocycles. The zero-order valence-corrected chi connectivity index (χ0v) is 8.23. The fraction of sp³-hybridized carbons (Fsp3) is 0.300. The van der Waals surface area contributed by atoms with Crippen molar-refractivity contribution in [2.75, 3.05) is 11.4 Å². The van der Waals surface area contributed by atoms with Crippen LogP contribution in [0.4, 0.5) is 5.82 Å². The largest absolute Gasteiger partial charge is 0.477 e. The SMILES string of the molecule is CC(=O)N1CCc2ccc(C(=O)O)nc21. The summed E-state index contributed by atoms with van der Waals surface area (Å²) in [6.45, 7) is 2.03. The molecule has 0 aliphatic carbocycles. The lowest BCUT2D eigenvalue weighted by molar-refractivity contribution is -0.116. The molecule has 1 N–H and O–H groups in total. The lowest BCUT2D eigenvalue weighted by Crippen LogP contribution is -2.26. The number of rotatable bonds is 1. The van der Waals surface area contributed by atoms with Gasteiger partial charge in [0.1, 0.15) is 5.82 Å². The minimum absolute atomic E-state index is 0.0260. The number of hydrogen-bond donors (Lipinski definition) is 1. The van der Waals surface area contributed by atoms with Crippen LogP contribution in [0, 0.1) is 0 Å². The van der Waals surface area contributed by atoms with Crippen LogP contribution in [0.25, 0.3) is 0 Å². The van der Waals surface area contributed by atoms with E-state index in [9.17, 15) is 9.59 Å². The molecule has 78 valence electrons. The van der Waals surface area contributed by atoms with E-state index >= 15 is 0 Å². The molecule has 0 atom stereocenters. The van der Waals surface area contributed by atoms with Crippen molar-refractivity contribution in [3.8, 4) is 0 Å². The highest BCUT2D eigenvalue weighted by atomic mass is 16.4. The maximum atomic E-state index is 11.2. The molecule has 0 saturated carbocycles. The first kappa shape index (κ1) is 9.64. The third kappa shape index (κ3) is 1.56. The molecule has 1 amide bonds. The van der Waals surface area contributed by atoms with E-state index in [1.807, 2.05) is 0 Å². The Morgan fingerprint density at radius 2 is 2.20 bits per heavy atom. The van der Waals surface area contributed by atoms with Gasteiger partial charge >= 0.3 is 5.97 Å². The van der Waals surface area contributed by atoms with Crippen LogP contribution in [0.2, 0.25) is 0 Å². The zero-order chi connectivity index (χ0) is 11.0. The van der Waals surface area contributed by atoms with Crippen molar-refractivity contribution in [1.29, 1.82) is 0 Å². The first-order valence-electron chi connectivity index (χ1n) is 4.61. The molecule has 2 rings (SSSR count). The van der Waals surface area contributed by atoms with Crippen LogP contribution in [-0.4, -0.2) is 28.5 Å². The molecule has 1 aromatic heterocycles. The third-order valence-corrected chi connectivity index (χ3v) is 2.42. The number of hydrogen-bond acceptors (Lipinski definition) is 3. The fourth-order valence-corrected chi connectivity index (χ4v) is 1.67. The van der Waals surface area contributed by atoms with Gasteiger partial charge in [-0.25, -0.2) is 9.78 Å². The Balaban J connectivity index is 2.46. The number of pyridine rings is 1. The summed E-state index contributed by atoms with van der Waals surface area (Å²) in [7, 11) is 0. The number of carboxylic acids is 1. The van der Waals surface area contributed by atoms with E-state index in [1.54, 1.807) is 6.07 Å². The molecule has 1 aliphatic heterocycles. The lowest BCUT2D eigenvalue weighted by Gasteiger charge is -2.13. The maximum absolute atomic E-state index is 11.2. The van der Waals surface area contributed by atoms with Crippen LogP contribution in [0.5, 0.6) is 0 Å². The van der Waals surface area contributed by atoms with Crippen molar-refractivity contribution < 1.29 is 14.7 Å². The molecule has 5 heteroatoms. The minimum atomic E-state index is -1.08. The average molecular weight is 206 g/mol. The van der Waals surface area contributed by atoms with Crippen LogP contribution in [0.1, 0.15) is 23.0 Å². The number of amides is 1. The zero-order valence-electron chi connectivity index (χ0n) is 8.23. The molecule has 0 bridgehead atoms. The van der Waals surface area contributed by atoms with Crippen LogP contribution in [-0.2, 0) is 11.2 Å². The topological polar surface area (TPSA) is 70.5 Å². The molecule has 5 nitrogen and oxygen atoms in total. The molecule has 2 heterocycles. The Hall–Kier alpha value is -1.91. The summed E-state index contributed by atoms with van der Waals surface area (Å²) in [5, 5.41) is 8.78. The highest BCUT2D eigenvalue weighted by Crippen LogP contribution is 2.25. The van der Waals surface area contributed by atoms with Gasteiger partial charge in [0, 0.05) is 13.5 Å². The smallest absolute Gasteiger partial charge is 0.354 e. The molecule has 0 fully saturated rings. The molecule has 0 spiro atoms. The van der Waals surface area contributed by atoms with E-state index in [0.29, 0.717) is 12.4 Å². The Morgan fingerprint density at radius 1 is 1.47 bits per heavy atom. The number of carboxylic acid groups (broad SMARTS) is 1. The Morgan fingerprint density at radius 3 is 2.80 bits per heavy atom. The van der Waals surface area contributed by atoms with Gasteiger partial charge in [-0.2, -0.15) is 0 Å². The summed E-state index contributed by atoms with van der Waals surface area (Å²) < 4.78 is 0. The average Bonchev–Trinajstić information content (AvgIpc) is 2.59. The Kier molecular flexibility index (Phi) is 2.15. The first-order valence-corrected chi connectivity index (χ1v) is 4.61. The van der Waals surface area contributed by atoms with Gasteiger partial charge in [-0.05, 0) is 18.1 Å². The molecule has 1 aliphatic rings. The quantitative estimate of drug-likeness (QED) is 0.733. The van der Waals surface area contributed by atoms with Gasteiger partial charge in [-0.1, -0.05) is 6.07 Å². The highest BCUT2D eigenvalue weighted by Gasteiger charge is 2.24. The first-order chi connectivity index (χ1) is 7.09. The standard InChI is InChI=1S/C10H10N2O3/c1-6(13)12-5-4-7-2-3-8(10(14)15)11-9(7)12/h2-3H,4-5H2,1H3,(H,14,15). The molecule has 0 unspecified atom stereocenters. The van der Waals surface area contributed by atoms with Gasteiger partial charge in [-0.3, -0.25) is 9.69 Å². The molecular weight excluding hydrogens is 196 g/mol. The number of aromatic nitrogens is 1. The number of carbonyl (C=O) groups excluding carboxylic acids is 1. The van der Waals surface area contributed by atoms with E-state index in [0.717, 1.165) is 12.0 Å². The van der Waals surface area contributed by atoms with Crippen molar-refractivity contribution in [3.63, 3.8) is 0 Å². The van der Waals surface area contributed by atoms with E-state index in [1.165, 1.54) is 17.9 Å². The fourth-order valence-electron chi connectivity index (χ4n) is 1.67. The monoisotopic (exact) mass is 206 g/mol. The van der Waals surface area contributed by atoms with Gasteiger partial charge in [0.25, 0.3) is 0 Å². The maximum Gasteiger partial charge on any atom is 0.354 e. The summed E-state index contributed by atoms with van der Waals surface area (Å²) in [6, 6.07) is 3.18. The highest BCUT2D eigenvalue weighted by molar-refractivity contribution is 5.93. The number of aromatic carboxylic acids is 1. The van der Waals surface area contributed by atoms with Gasteiger partial charge < -0.3 is 5.11 Å². The van der Waals surface area contributed by atoms with Crippen LogP contribution >= 0.6 is 0 Å². The summed E-state index contributed by atoms with van der Waals surface area (Å²) in [5.41, 5.74) is 0.900. The normalized spacial score (nSPS) is 13.8. The Bertz CT molecular complexity index is 442. The number of fused-ring (bicyclic) bond motifs is 1. The van der Waals surface area contributed by atoms with Gasteiger partial charge in [0.2, 0.25) is 5.91 Å². The van der Waals surface area contributed by atoms with Gasteiger partial charge in [-0.15, -0.1) is 0 Å². The predicted molar refractivity (Wildman–Crippen MR) is 52.9 cm³/mol. The molecular formula is C10H10N2O3. The Labute approximate surface area is 86.3 Å². The second-order valence-corrected chi connectivity index (χ2v) is 3.41. The molecule has 1 aromatic rings. The summed E-state index contributed by atoms with van der Waals surface area (Å²) in [6.07, 6.45) is 0.738. The lowest BCUT2D eigenvalue weighted by atomic mass is 10.2. The van der Waals surface area contributed by atoms with E-state index in [-0.39, 0.29) is 11.6 Å². The van der Waals surface area contributed by atoms with Crippen LogP contribution in [0.15, 0.2) is 12.1 Å². The molecule has 15 heavy (non-hydrogen) atoms. The van der Waals surface area contributed by atoms with Crippen molar-refractivity contribution >= 4 is 17.7 Å². The molecule has 0 radical (unpaired) electrons. The van der Waals surface area contributed by atoms with E-state index in [2.05, 4.69) is 4.98 Å². The minimum Gasteiger partial charge on any atom is -0.477 e. The summed E-state index contributed by atoms with van der Waals surface area (Å²) in [4.78, 5) is 27.4. The van der Waals surface area contributed by atoms with E-state index in [4.69, 9.17) is 5.11 Å². The second kappa shape index (κ2) is 3.34. The van der Waals surface area contributed by atoms with Crippen molar-refractivity contribution in [3.05, 3.63) is 23.4 Å². The number of carbonyl (C=O) groups is 2. The van der Waals surface area contributed by atoms with Crippen molar-refractivity contribution in [1.82, 2.24) is 4.98 Å². The predicted octanol–water partition coefficient (Wildman–Crippen LogP) is 0.689. The third-order valence-electron chi connectivity index (χ3n) is 2.42. The summed E-state index contributed by atoms with van der Waals surface area (Å²) >= 11 is 0. The van der Waals surface area contributed by atoms with Gasteiger partial charge in [0.15, 0.2) is 5.69 Å². The van der Waals surface area contributed by atoms with E-state index < -0.39 is 5.97 Å².